The van der Waals surface area contributed by atoms with Gasteiger partial charge in [0.05, 0.1) is 24.7 Å². The molecule has 3 aromatic rings. The molecule has 6 heteroatoms. The summed E-state index contributed by atoms with van der Waals surface area (Å²) < 4.78 is 1.26. The molecule has 0 spiro atoms. The van der Waals surface area contributed by atoms with E-state index >= 15 is 0 Å². The molecule has 6 nitrogen and oxygen atoms in total. The van der Waals surface area contributed by atoms with Gasteiger partial charge in [0.15, 0.2) is 0 Å². The van der Waals surface area contributed by atoms with Crippen LogP contribution >= 0.6 is 0 Å². The largest absolute Gasteiger partial charge is 0.394 e. The van der Waals surface area contributed by atoms with Gasteiger partial charge in [-0.25, -0.2) is 4.98 Å². The third-order valence-electron chi connectivity index (χ3n) is 4.90. The molecule has 29 heavy (non-hydrogen) atoms. The number of nitrogens with zero attached hydrogens (tertiary/aromatic N) is 2. The fraction of sp³-hybridized carbons (Fsp3) is 0.261. The monoisotopic (exact) mass is 391 g/mol. The summed E-state index contributed by atoms with van der Waals surface area (Å²) in [5.74, 6) is -0.343. The molecular formula is C23H25N3O3. The first-order chi connectivity index (χ1) is 14.0. The van der Waals surface area contributed by atoms with Crippen molar-refractivity contribution < 1.29 is 9.90 Å². The van der Waals surface area contributed by atoms with E-state index in [0.29, 0.717) is 12.1 Å². The van der Waals surface area contributed by atoms with Gasteiger partial charge in [0.25, 0.3) is 5.56 Å². The molecule has 0 bridgehead atoms. The van der Waals surface area contributed by atoms with E-state index < -0.39 is 6.04 Å². The highest BCUT2D eigenvalue weighted by Crippen LogP contribution is 2.13. The number of nitrogens with one attached hydrogen (secondary N) is 1. The van der Waals surface area contributed by atoms with Crippen molar-refractivity contribution in [2.75, 3.05) is 6.61 Å². The van der Waals surface area contributed by atoms with E-state index in [1.54, 1.807) is 0 Å². The van der Waals surface area contributed by atoms with Crippen molar-refractivity contribution in [2.45, 2.75) is 32.9 Å². The van der Waals surface area contributed by atoms with Gasteiger partial charge in [-0.1, -0.05) is 48.5 Å². The van der Waals surface area contributed by atoms with Crippen molar-refractivity contribution in [1.29, 1.82) is 0 Å². The summed E-state index contributed by atoms with van der Waals surface area (Å²) in [7, 11) is 0. The average Bonchev–Trinajstić information content (AvgIpc) is 2.72. The van der Waals surface area contributed by atoms with Crippen LogP contribution in [0.15, 0.2) is 65.7 Å². The quantitative estimate of drug-likeness (QED) is 0.647. The SMILES string of the molecule is Cc1ccc(CC(CO)NC(=O)Cn2cnc(-c3ccccc3)cc2=O)cc1C. The molecule has 0 aliphatic carbocycles. The van der Waals surface area contributed by atoms with Crippen molar-refractivity contribution >= 4 is 5.91 Å². The molecule has 1 unspecified atom stereocenters. The number of hydrogen-bond acceptors (Lipinski definition) is 4. The van der Waals surface area contributed by atoms with Crippen molar-refractivity contribution in [3.8, 4) is 11.3 Å². The van der Waals surface area contributed by atoms with Crippen LogP contribution < -0.4 is 10.9 Å². The molecular weight excluding hydrogens is 366 g/mol. The predicted molar refractivity (Wildman–Crippen MR) is 113 cm³/mol. The molecule has 1 amide bonds. The molecule has 0 fully saturated rings. The number of aliphatic hydroxyl groups excluding tert-OH is 1. The van der Waals surface area contributed by atoms with Gasteiger partial charge in [0.2, 0.25) is 5.91 Å². The second kappa shape index (κ2) is 9.30. The maximum absolute atomic E-state index is 12.4. The Kier molecular flexibility index (Phi) is 6.57. The summed E-state index contributed by atoms with van der Waals surface area (Å²) in [5, 5.41) is 12.4. The van der Waals surface area contributed by atoms with E-state index in [1.165, 1.54) is 28.1 Å². The molecule has 0 aliphatic rings. The Morgan fingerprint density at radius 3 is 2.52 bits per heavy atom. The highest BCUT2D eigenvalue weighted by Gasteiger charge is 2.14. The zero-order valence-electron chi connectivity index (χ0n) is 16.6. The number of hydrogen-bond donors (Lipinski definition) is 2. The molecule has 0 saturated carbocycles. The van der Waals surface area contributed by atoms with Crippen LogP contribution in [0, 0.1) is 13.8 Å². The van der Waals surface area contributed by atoms with Crippen LogP contribution in [0.4, 0.5) is 0 Å². The summed E-state index contributed by atoms with van der Waals surface area (Å²) in [6.45, 7) is 3.74. The van der Waals surface area contributed by atoms with Crippen LogP contribution in [-0.2, 0) is 17.8 Å². The highest BCUT2D eigenvalue weighted by molar-refractivity contribution is 5.76. The van der Waals surface area contributed by atoms with Crippen LogP contribution in [-0.4, -0.2) is 33.2 Å². The van der Waals surface area contributed by atoms with Crippen LogP contribution in [0.25, 0.3) is 11.3 Å². The third kappa shape index (κ3) is 5.39. The number of amides is 1. The number of benzene rings is 2. The van der Waals surface area contributed by atoms with Gasteiger partial charge < -0.3 is 10.4 Å². The first-order valence-corrected chi connectivity index (χ1v) is 9.54. The van der Waals surface area contributed by atoms with Gasteiger partial charge in [-0.05, 0) is 37.0 Å². The van der Waals surface area contributed by atoms with Crippen LogP contribution in [0.1, 0.15) is 16.7 Å². The molecule has 3 rings (SSSR count). The Labute approximate surface area is 169 Å². The van der Waals surface area contributed by atoms with E-state index in [-0.39, 0.29) is 24.6 Å². The molecule has 2 N–H and O–H groups in total. The van der Waals surface area contributed by atoms with E-state index in [2.05, 4.69) is 16.4 Å². The van der Waals surface area contributed by atoms with Gasteiger partial charge in [0.1, 0.15) is 6.54 Å². The lowest BCUT2D eigenvalue weighted by atomic mass is 10.0. The second-order valence-electron chi connectivity index (χ2n) is 7.18. The fourth-order valence-corrected chi connectivity index (χ4v) is 3.12. The first-order valence-electron chi connectivity index (χ1n) is 9.54. The Bertz CT molecular complexity index is 1040. The smallest absolute Gasteiger partial charge is 0.254 e. The zero-order chi connectivity index (χ0) is 20.8. The van der Waals surface area contributed by atoms with Gasteiger partial charge in [-0.15, -0.1) is 0 Å². The van der Waals surface area contributed by atoms with E-state index in [1.807, 2.05) is 56.3 Å². The summed E-state index contributed by atoms with van der Waals surface area (Å²) >= 11 is 0. The Hall–Kier alpha value is -3.25. The predicted octanol–water partition coefficient (Wildman–Crippen LogP) is 2.25. The summed E-state index contributed by atoms with van der Waals surface area (Å²) in [6, 6.07) is 16.5. The molecule has 1 atom stereocenters. The number of rotatable bonds is 7. The lowest BCUT2D eigenvalue weighted by molar-refractivity contribution is -0.122. The molecule has 0 radical (unpaired) electrons. The molecule has 0 saturated heterocycles. The van der Waals surface area contributed by atoms with Gasteiger partial charge >= 0.3 is 0 Å². The van der Waals surface area contributed by atoms with Gasteiger partial charge in [-0.3, -0.25) is 14.2 Å². The Balaban J connectivity index is 1.64. The van der Waals surface area contributed by atoms with Crippen LogP contribution in [0.2, 0.25) is 0 Å². The molecule has 150 valence electrons. The van der Waals surface area contributed by atoms with E-state index in [4.69, 9.17) is 0 Å². The lowest BCUT2D eigenvalue weighted by Crippen LogP contribution is -2.42. The average molecular weight is 391 g/mol. The maximum atomic E-state index is 12.4. The minimum atomic E-state index is -0.420. The van der Waals surface area contributed by atoms with Gasteiger partial charge in [0, 0.05) is 11.6 Å². The Morgan fingerprint density at radius 1 is 1.10 bits per heavy atom. The minimum absolute atomic E-state index is 0.148. The first kappa shape index (κ1) is 20.5. The molecule has 0 aliphatic heterocycles. The number of carbonyl (C=O) groups is 1. The second-order valence-corrected chi connectivity index (χ2v) is 7.18. The van der Waals surface area contributed by atoms with Crippen LogP contribution in [0.3, 0.4) is 0 Å². The van der Waals surface area contributed by atoms with Crippen molar-refractivity contribution in [3.05, 3.63) is 88.0 Å². The highest BCUT2D eigenvalue weighted by atomic mass is 16.3. The maximum Gasteiger partial charge on any atom is 0.254 e. The molecule has 1 aromatic heterocycles. The summed E-state index contributed by atoms with van der Waals surface area (Å²) in [4.78, 5) is 29.0. The number of aliphatic hydroxyl groups is 1. The van der Waals surface area contributed by atoms with Crippen molar-refractivity contribution in [1.82, 2.24) is 14.9 Å². The molecule has 1 heterocycles. The Morgan fingerprint density at radius 2 is 1.86 bits per heavy atom. The minimum Gasteiger partial charge on any atom is -0.394 e. The summed E-state index contributed by atoms with van der Waals surface area (Å²) in [6.07, 6.45) is 1.89. The third-order valence-corrected chi connectivity index (χ3v) is 4.90. The number of aryl methyl sites for hydroxylation is 2. The normalized spacial score (nSPS) is 11.8. The number of carbonyl (C=O) groups excluding carboxylic acids is 1. The van der Waals surface area contributed by atoms with Gasteiger partial charge in [-0.2, -0.15) is 0 Å². The number of aromatic nitrogens is 2. The van der Waals surface area contributed by atoms with E-state index in [0.717, 1.165) is 11.1 Å². The van der Waals surface area contributed by atoms with Crippen LogP contribution in [0.5, 0.6) is 0 Å². The summed E-state index contributed by atoms with van der Waals surface area (Å²) in [5.41, 5.74) is 4.51. The topological polar surface area (TPSA) is 84.2 Å². The zero-order valence-corrected chi connectivity index (χ0v) is 16.6. The fourth-order valence-electron chi connectivity index (χ4n) is 3.12. The van der Waals surface area contributed by atoms with Crippen molar-refractivity contribution in [3.63, 3.8) is 0 Å². The standard InChI is InChI=1S/C23H25N3O3/c1-16-8-9-18(10-17(16)2)11-20(14-27)25-22(28)13-26-15-24-21(12-23(26)29)19-6-4-3-5-7-19/h3-10,12,15,20,27H,11,13-14H2,1-2H3,(H,25,28). The van der Waals surface area contributed by atoms with E-state index in [9.17, 15) is 14.7 Å². The lowest BCUT2D eigenvalue weighted by Gasteiger charge is -2.17. The molecule has 2 aromatic carbocycles. The van der Waals surface area contributed by atoms with Crippen molar-refractivity contribution in [2.24, 2.45) is 0 Å².